The molecule has 0 saturated heterocycles. The molecule has 1 rings (SSSR count). The third-order valence-electron chi connectivity index (χ3n) is 2.25. The van der Waals surface area contributed by atoms with Gasteiger partial charge in [-0.1, -0.05) is 13.3 Å². The van der Waals surface area contributed by atoms with Crippen LogP contribution in [0, 0.1) is 5.92 Å². The van der Waals surface area contributed by atoms with Gasteiger partial charge in [0.05, 0.1) is 5.92 Å². The second kappa shape index (κ2) is 3.70. The molecular weight excluding hydrogens is 152 g/mol. The Morgan fingerprint density at radius 1 is 1.58 bits per heavy atom. The average Bonchev–Trinajstić information content (AvgIpc) is 2.30. The monoisotopic (exact) mass is 168 g/mol. The van der Waals surface area contributed by atoms with Crippen LogP contribution < -0.4 is 0 Å². The molecule has 12 heavy (non-hydrogen) atoms. The molecule has 3 nitrogen and oxygen atoms in total. The van der Waals surface area contributed by atoms with Crippen LogP contribution in [0.3, 0.4) is 0 Å². The van der Waals surface area contributed by atoms with Crippen LogP contribution in [-0.2, 0) is 4.79 Å². The minimum Gasteiger partial charge on any atom is -0.272 e. The van der Waals surface area contributed by atoms with Crippen molar-refractivity contribution in [1.29, 1.82) is 0 Å². The van der Waals surface area contributed by atoms with Gasteiger partial charge in [-0.3, -0.25) is 4.79 Å². The first-order valence-corrected chi connectivity index (χ1v) is 4.53. The minimum absolute atomic E-state index is 0.00172. The van der Waals surface area contributed by atoms with E-state index in [4.69, 9.17) is 0 Å². The standard InChI is InChI=1S/C9H16N2O/c1-4-5-6-11-9(12)7(2)8(3)10-11/h7H,4-6H2,1-3H3. The molecule has 1 atom stereocenters. The van der Waals surface area contributed by atoms with Crippen LogP contribution in [0.1, 0.15) is 33.6 Å². The molecule has 0 aromatic heterocycles. The van der Waals surface area contributed by atoms with Crippen molar-refractivity contribution in [2.75, 3.05) is 6.54 Å². The van der Waals surface area contributed by atoms with Crippen LogP contribution in [0.4, 0.5) is 0 Å². The Balaban J connectivity index is 2.52. The highest BCUT2D eigenvalue weighted by Crippen LogP contribution is 2.14. The summed E-state index contributed by atoms with van der Waals surface area (Å²) in [5.74, 6) is 0.155. The van der Waals surface area contributed by atoms with Gasteiger partial charge in [0.25, 0.3) is 5.91 Å². The van der Waals surface area contributed by atoms with Crippen molar-refractivity contribution < 1.29 is 4.79 Å². The zero-order valence-electron chi connectivity index (χ0n) is 8.00. The summed E-state index contributed by atoms with van der Waals surface area (Å²) in [7, 11) is 0. The third kappa shape index (κ3) is 1.65. The van der Waals surface area contributed by atoms with Crippen molar-refractivity contribution in [1.82, 2.24) is 5.01 Å². The van der Waals surface area contributed by atoms with Gasteiger partial charge in [-0.05, 0) is 20.3 Å². The summed E-state index contributed by atoms with van der Waals surface area (Å²) < 4.78 is 0. The number of nitrogens with zero attached hydrogens (tertiary/aromatic N) is 2. The number of unbranched alkanes of at least 4 members (excludes halogenated alkanes) is 1. The van der Waals surface area contributed by atoms with Crippen molar-refractivity contribution in [3.63, 3.8) is 0 Å². The highest BCUT2D eigenvalue weighted by atomic mass is 16.2. The molecule has 0 radical (unpaired) electrons. The minimum atomic E-state index is 0.00172. The number of carbonyl (C=O) groups is 1. The van der Waals surface area contributed by atoms with Crippen molar-refractivity contribution in [2.45, 2.75) is 33.6 Å². The molecule has 0 aliphatic carbocycles. The maximum absolute atomic E-state index is 11.4. The fraction of sp³-hybridized carbons (Fsp3) is 0.778. The van der Waals surface area contributed by atoms with Crippen LogP contribution in [0.5, 0.6) is 0 Å². The summed E-state index contributed by atoms with van der Waals surface area (Å²) in [6.45, 7) is 6.71. The number of carbonyl (C=O) groups excluding carboxylic acids is 1. The fourth-order valence-corrected chi connectivity index (χ4v) is 1.20. The first-order valence-electron chi connectivity index (χ1n) is 4.53. The van der Waals surface area contributed by atoms with E-state index in [9.17, 15) is 4.79 Å². The van der Waals surface area contributed by atoms with E-state index in [1.165, 1.54) is 0 Å². The second-order valence-corrected chi connectivity index (χ2v) is 3.28. The number of amides is 1. The zero-order valence-corrected chi connectivity index (χ0v) is 8.00. The fourth-order valence-electron chi connectivity index (χ4n) is 1.20. The molecule has 0 bridgehead atoms. The van der Waals surface area contributed by atoms with E-state index >= 15 is 0 Å². The lowest BCUT2D eigenvalue weighted by Crippen LogP contribution is -2.26. The van der Waals surface area contributed by atoms with E-state index in [0.717, 1.165) is 25.1 Å². The molecule has 0 saturated carbocycles. The zero-order chi connectivity index (χ0) is 9.14. The van der Waals surface area contributed by atoms with E-state index in [-0.39, 0.29) is 11.8 Å². The van der Waals surface area contributed by atoms with Gasteiger partial charge in [-0.2, -0.15) is 5.10 Å². The lowest BCUT2D eigenvalue weighted by molar-refractivity contribution is -0.131. The molecule has 0 fully saturated rings. The number of hydrogen-bond acceptors (Lipinski definition) is 2. The summed E-state index contributed by atoms with van der Waals surface area (Å²) in [5.41, 5.74) is 0.941. The predicted molar refractivity (Wildman–Crippen MR) is 48.9 cm³/mol. The molecule has 0 spiro atoms. The van der Waals surface area contributed by atoms with Gasteiger partial charge in [0.1, 0.15) is 0 Å². The topological polar surface area (TPSA) is 32.7 Å². The van der Waals surface area contributed by atoms with E-state index in [1.807, 2.05) is 13.8 Å². The Labute approximate surface area is 73.4 Å². The van der Waals surface area contributed by atoms with E-state index in [1.54, 1.807) is 5.01 Å². The van der Waals surface area contributed by atoms with Crippen LogP contribution in [-0.4, -0.2) is 23.2 Å². The molecule has 1 aliphatic heterocycles. The Hall–Kier alpha value is -0.860. The smallest absolute Gasteiger partial charge is 0.251 e. The highest BCUT2D eigenvalue weighted by Gasteiger charge is 2.28. The van der Waals surface area contributed by atoms with E-state index < -0.39 is 0 Å². The number of hydrazone groups is 1. The van der Waals surface area contributed by atoms with Crippen LogP contribution in [0.15, 0.2) is 5.10 Å². The molecule has 0 aromatic rings. The highest BCUT2D eigenvalue weighted by molar-refractivity contribution is 6.06. The lowest BCUT2D eigenvalue weighted by Gasteiger charge is -2.11. The normalized spacial score (nSPS) is 23.2. The SMILES string of the molecule is CCCCN1N=C(C)C(C)C1=O. The first kappa shape index (κ1) is 9.23. The predicted octanol–water partition coefficient (Wildman–Crippen LogP) is 1.64. The molecule has 3 heteroatoms. The molecule has 0 aromatic carbocycles. The molecular formula is C9H16N2O. The summed E-state index contributed by atoms with van der Waals surface area (Å²) in [4.78, 5) is 11.4. The van der Waals surface area contributed by atoms with Gasteiger partial charge in [0, 0.05) is 12.3 Å². The van der Waals surface area contributed by atoms with Crippen molar-refractivity contribution in [3.8, 4) is 0 Å². The second-order valence-electron chi connectivity index (χ2n) is 3.28. The summed E-state index contributed by atoms with van der Waals surface area (Å²) in [6.07, 6.45) is 2.14. The van der Waals surface area contributed by atoms with E-state index in [2.05, 4.69) is 12.0 Å². The first-order chi connectivity index (χ1) is 5.66. The van der Waals surface area contributed by atoms with Gasteiger partial charge in [-0.15, -0.1) is 0 Å². The van der Waals surface area contributed by atoms with E-state index in [0.29, 0.717) is 0 Å². The maximum atomic E-state index is 11.4. The van der Waals surface area contributed by atoms with Gasteiger partial charge in [-0.25, -0.2) is 5.01 Å². The molecule has 0 N–H and O–H groups in total. The summed E-state index contributed by atoms with van der Waals surface area (Å²) in [5, 5.41) is 5.79. The molecule has 1 aliphatic rings. The summed E-state index contributed by atoms with van der Waals surface area (Å²) in [6, 6.07) is 0. The van der Waals surface area contributed by atoms with Crippen LogP contribution >= 0.6 is 0 Å². The maximum Gasteiger partial charge on any atom is 0.251 e. The van der Waals surface area contributed by atoms with Crippen molar-refractivity contribution >= 4 is 11.6 Å². The molecule has 1 amide bonds. The molecule has 1 heterocycles. The van der Waals surface area contributed by atoms with Gasteiger partial charge >= 0.3 is 0 Å². The van der Waals surface area contributed by atoms with Crippen molar-refractivity contribution in [2.24, 2.45) is 11.0 Å². The van der Waals surface area contributed by atoms with Gasteiger partial charge in [0.15, 0.2) is 0 Å². The Morgan fingerprint density at radius 2 is 2.25 bits per heavy atom. The quantitative estimate of drug-likeness (QED) is 0.630. The number of hydrogen-bond donors (Lipinski definition) is 0. The molecule has 68 valence electrons. The Kier molecular flexibility index (Phi) is 2.84. The molecule has 1 unspecified atom stereocenters. The average molecular weight is 168 g/mol. The lowest BCUT2D eigenvalue weighted by atomic mass is 10.1. The van der Waals surface area contributed by atoms with Crippen molar-refractivity contribution in [3.05, 3.63) is 0 Å². The van der Waals surface area contributed by atoms with Gasteiger partial charge in [0.2, 0.25) is 0 Å². The Bertz CT molecular complexity index is 211. The van der Waals surface area contributed by atoms with Crippen LogP contribution in [0.25, 0.3) is 0 Å². The Morgan fingerprint density at radius 3 is 2.67 bits per heavy atom. The summed E-state index contributed by atoms with van der Waals surface area (Å²) >= 11 is 0. The van der Waals surface area contributed by atoms with Crippen LogP contribution in [0.2, 0.25) is 0 Å². The van der Waals surface area contributed by atoms with Gasteiger partial charge < -0.3 is 0 Å². The number of rotatable bonds is 3. The third-order valence-corrected chi connectivity index (χ3v) is 2.25. The largest absolute Gasteiger partial charge is 0.272 e.